The van der Waals surface area contributed by atoms with E-state index in [-0.39, 0.29) is 5.91 Å². The summed E-state index contributed by atoms with van der Waals surface area (Å²) in [6.45, 7) is 4.19. The molecular formula is C11H11ClINO. The number of carbonyl (C=O) groups is 1. The summed E-state index contributed by atoms with van der Waals surface area (Å²) in [6.07, 6.45) is 2.53. The molecule has 0 aliphatic heterocycles. The summed E-state index contributed by atoms with van der Waals surface area (Å²) in [5.74, 6) is -0.102. The molecule has 4 heteroatoms. The van der Waals surface area contributed by atoms with Gasteiger partial charge in [-0.2, -0.15) is 0 Å². The number of hydrogen-bond acceptors (Lipinski definition) is 1. The minimum Gasteiger partial charge on any atom is -0.352 e. The fourth-order valence-electron chi connectivity index (χ4n) is 1.03. The van der Waals surface area contributed by atoms with Gasteiger partial charge in [0, 0.05) is 15.7 Å². The van der Waals surface area contributed by atoms with Gasteiger partial charge in [0.15, 0.2) is 0 Å². The Morgan fingerprint density at radius 2 is 2.33 bits per heavy atom. The molecule has 0 aromatic heterocycles. The van der Waals surface area contributed by atoms with E-state index in [4.69, 9.17) is 11.6 Å². The van der Waals surface area contributed by atoms with Crippen LogP contribution in [-0.2, 0) is 0 Å². The number of nitrogens with one attached hydrogen (secondary N) is 1. The molecule has 2 nitrogen and oxygen atoms in total. The van der Waals surface area contributed by atoms with Crippen molar-refractivity contribution in [3.05, 3.63) is 45.0 Å². The number of hydrogen-bond donors (Lipinski definition) is 1. The van der Waals surface area contributed by atoms with Crippen molar-refractivity contribution in [2.24, 2.45) is 0 Å². The topological polar surface area (TPSA) is 29.1 Å². The molecule has 1 aromatic rings. The van der Waals surface area contributed by atoms with E-state index in [2.05, 4.69) is 34.5 Å². The van der Waals surface area contributed by atoms with Crippen LogP contribution in [0, 0.1) is 3.57 Å². The quantitative estimate of drug-likeness (QED) is 0.511. The SMILES string of the molecule is C=CCCNC(=O)c1ccc(I)c(Cl)c1. The van der Waals surface area contributed by atoms with Crippen LogP contribution in [0.1, 0.15) is 16.8 Å². The maximum absolute atomic E-state index is 11.6. The first-order valence-electron chi connectivity index (χ1n) is 4.49. The number of rotatable bonds is 4. The highest BCUT2D eigenvalue weighted by Gasteiger charge is 2.06. The van der Waals surface area contributed by atoms with Crippen LogP contribution in [0.25, 0.3) is 0 Å². The minimum absolute atomic E-state index is 0.102. The molecule has 0 saturated heterocycles. The van der Waals surface area contributed by atoms with Crippen molar-refractivity contribution in [3.8, 4) is 0 Å². The minimum atomic E-state index is -0.102. The van der Waals surface area contributed by atoms with Gasteiger partial charge in [0.25, 0.3) is 5.91 Å². The van der Waals surface area contributed by atoms with E-state index in [0.717, 1.165) is 9.99 Å². The molecule has 0 radical (unpaired) electrons. The van der Waals surface area contributed by atoms with Crippen LogP contribution in [0.5, 0.6) is 0 Å². The average molecular weight is 336 g/mol. The van der Waals surface area contributed by atoms with E-state index in [0.29, 0.717) is 17.1 Å². The molecule has 1 rings (SSSR count). The number of benzene rings is 1. The van der Waals surface area contributed by atoms with Crippen molar-refractivity contribution in [2.75, 3.05) is 6.54 Å². The third-order valence-corrected chi connectivity index (χ3v) is 3.39. The van der Waals surface area contributed by atoms with Crippen molar-refractivity contribution in [2.45, 2.75) is 6.42 Å². The summed E-state index contributed by atoms with van der Waals surface area (Å²) in [5.41, 5.74) is 0.587. The first kappa shape index (κ1) is 12.5. The first-order valence-corrected chi connectivity index (χ1v) is 5.95. The molecule has 0 atom stereocenters. The zero-order valence-corrected chi connectivity index (χ0v) is 11.0. The van der Waals surface area contributed by atoms with Gasteiger partial charge in [0.2, 0.25) is 0 Å². The summed E-state index contributed by atoms with van der Waals surface area (Å²) in [4.78, 5) is 11.6. The van der Waals surface area contributed by atoms with Crippen molar-refractivity contribution >= 4 is 40.1 Å². The van der Waals surface area contributed by atoms with Gasteiger partial charge < -0.3 is 5.32 Å². The fourth-order valence-corrected chi connectivity index (χ4v) is 1.54. The van der Waals surface area contributed by atoms with Gasteiger partial charge >= 0.3 is 0 Å². The molecule has 0 aliphatic rings. The highest BCUT2D eigenvalue weighted by atomic mass is 127. The number of halogens is 2. The Bertz CT molecular complexity index is 379. The Kier molecular flexibility index (Phi) is 5.11. The van der Waals surface area contributed by atoms with Crippen molar-refractivity contribution in [1.82, 2.24) is 5.32 Å². The second kappa shape index (κ2) is 6.12. The van der Waals surface area contributed by atoms with Gasteiger partial charge in [-0.25, -0.2) is 0 Å². The average Bonchev–Trinajstić information content (AvgIpc) is 2.22. The highest BCUT2D eigenvalue weighted by molar-refractivity contribution is 14.1. The van der Waals surface area contributed by atoms with Crippen molar-refractivity contribution in [1.29, 1.82) is 0 Å². The zero-order valence-electron chi connectivity index (χ0n) is 8.09. The van der Waals surface area contributed by atoms with Gasteiger partial charge in [-0.3, -0.25) is 4.79 Å². The smallest absolute Gasteiger partial charge is 0.251 e. The Morgan fingerprint density at radius 1 is 1.60 bits per heavy atom. The predicted molar refractivity (Wildman–Crippen MR) is 71.3 cm³/mol. The molecule has 0 unspecified atom stereocenters. The maximum Gasteiger partial charge on any atom is 0.251 e. The second-order valence-corrected chi connectivity index (χ2v) is 4.53. The zero-order chi connectivity index (χ0) is 11.3. The van der Waals surface area contributed by atoms with E-state index in [1.54, 1.807) is 18.2 Å². The van der Waals surface area contributed by atoms with Crippen molar-refractivity contribution < 1.29 is 4.79 Å². The Morgan fingerprint density at radius 3 is 2.93 bits per heavy atom. The lowest BCUT2D eigenvalue weighted by Crippen LogP contribution is -2.24. The maximum atomic E-state index is 11.6. The Labute approximate surface area is 108 Å². The second-order valence-electron chi connectivity index (χ2n) is 2.96. The van der Waals surface area contributed by atoms with E-state index < -0.39 is 0 Å². The van der Waals surface area contributed by atoms with Gasteiger partial charge in [-0.05, 0) is 47.2 Å². The molecule has 15 heavy (non-hydrogen) atoms. The summed E-state index contributed by atoms with van der Waals surface area (Å²) in [5, 5.41) is 3.38. The molecule has 1 N–H and O–H groups in total. The van der Waals surface area contributed by atoms with Gasteiger partial charge in [0.05, 0.1) is 5.02 Å². The van der Waals surface area contributed by atoms with E-state index in [1.807, 2.05) is 6.07 Å². The lowest BCUT2D eigenvalue weighted by molar-refractivity contribution is 0.0954. The molecule has 0 heterocycles. The van der Waals surface area contributed by atoms with Crippen LogP contribution in [-0.4, -0.2) is 12.5 Å². The fraction of sp³-hybridized carbons (Fsp3) is 0.182. The van der Waals surface area contributed by atoms with Crippen LogP contribution in [0.4, 0.5) is 0 Å². The lowest BCUT2D eigenvalue weighted by Gasteiger charge is -2.04. The molecule has 0 bridgehead atoms. The monoisotopic (exact) mass is 335 g/mol. The normalized spacial score (nSPS) is 9.73. The molecule has 0 aliphatic carbocycles. The van der Waals surface area contributed by atoms with E-state index >= 15 is 0 Å². The van der Waals surface area contributed by atoms with Gasteiger partial charge in [-0.15, -0.1) is 6.58 Å². The standard InChI is InChI=1S/C11H11ClINO/c1-2-3-6-14-11(15)8-4-5-10(13)9(12)7-8/h2,4-5,7H,1,3,6H2,(H,14,15). The molecule has 80 valence electrons. The highest BCUT2D eigenvalue weighted by Crippen LogP contribution is 2.19. The summed E-state index contributed by atoms with van der Waals surface area (Å²) >= 11 is 8.04. The Hall–Kier alpha value is -0.550. The molecule has 0 fully saturated rings. The van der Waals surface area contributed by atoms with Crippen LogP contribution >= 0.6 is 34.2 Å². The van der Waals surface area contributed by atoms with Crippen LogP contribution in [0.3, 0.4) is 0 Å². The number of amides is 1. The molecule has 1 amide bonds. The summed E-state index contributed by atoms with van der Waals surface area (Å²) in [6, 6.07) is 5.26. The lowest BCUT2D eigenvalue weighted by atomic mass is 10.2. The molecule has 0 spiro atoms. The molecular weight excluding hydrogens is 324 g/mol. The molecule has 0 saturated carbocycles. The summed E-state index contributed by atoms with van der Waals surface area (Å²) < 4.78 is 0.942. The van der Waals surface area contributed by atoms with Gasteiger partial charge in [0.1, 0.15) is 0 Å². The predicted octanol–water partition coefficient (Wildman–Crippen LogP) is 3.25. The first-order chi connectivity index (χ1) is 7.15. The van der Waals surface area contributed by atoms with E-state index in [1.165, 1.54) is 0 Å². The van der Waals surface area contributed by atoms with Gasteiger partial charge in [-0.1, -0.05) is 17.7 Å². The number of carbonyl (C=O) groups excluding carboxylic acids is 1. The Balaban J connectivity index is 2.65. The van der Waals surface area contributed by atoms with Crippen molar-refractivity contribution in [3.63, 3.8) is 0 Å². The van der Waals surface area contributed by atoms with E-state index in [9.17, 15) is 4.79 Å². The largest absolute Gasteiger partial charge is 0.352 e. The van der Waals surface area contributed by atoms with Crippen LogP contribution < -0.4 is 5.32 Å². The van der Waals surface area contributed by atoms with Crippen LogP contribution in [0.2, 0.25) is 5.02 Å². The summed E-state index contributed by atoms with van der Waals surface area (Å²) in [7, 11) is 0. The third-order valence-electron chi connectivity index (χ3n) is 1.82. The third kappa shape index (κ3) is 3.83. The molecule has 1 aromatic carbocycles. The van der Waals surface area contributed by atoms with Crippen LogP contribution in [0.15, 0.2) is 30.9 Å².